The van der Waals surface area contributed by atoms with Crippen molar-refractivity contribution in [2.24, 2.45) is 0 Å². The minimum atomic E-state index is -0.268. The van der Waals surface area contributed by atoms with Crippen molar-refractivity contribution in [3.63, 3.8) is 0 Å². The first-order chi connectivity index (χ1) is 27.4. The average molecular weight is 755 g/mol. The van der Waals surface area contributed by atoms with Gasteiger partial charge in [-0.25, -0.2) is 9.67 Å². The van der Waals surface area contributed by atoms with Crippen LogP contribution in [0, 0.1) is 12.8 Å². The normalized spacial score (nSPS) is 18.5. The number of amides is 2. The predicted molar refractivity (Wildman–Crippen MR) is 218 cm³/mol. The maximum atomic E-state index is 13.6. The molecule has 4 N–H and O–H groups in total. The first kappa shape index (κ1) is 38.5. The molecule has 3 aliphatic rings. The zero-order valence-corrected chi connectivity index (χ0v) is 32.3. The lowest BCUT2D eigenvalue weighted by molar-refractivity contribution is 0.0904. The van der Waals surface area contributed by atoms with Gasteiger partial charge in [-0.3, -0.25) is 19.8 Å². The van der Waals surface area contributed by atoms with Gasteiger partial charge in [-0.15, -0.1) is 12.8 Å². The van der Waals surface area contributed by atoms with Crippen molar-refractivity contribution in [3.05, 3.63) is 106 Å². The molecular weight excluding hydrogens is 705 g/mol. The van der Waals surface area contributed by atoms with Gasteiger partial charge in [0.2, 0.25) is 0 Å². The van der Waals surface area contributed by atoms with Crippen molar-refractivity contribution in [1.29, 1.82) is 0 Å². The smallest absolute Gasteiger partial charge is 0.251 e. The number of carbonyl (C=O) groups is 2. The number of aryl methyl sites for hydroxylation is 2. The summed E-state index contributed by atoms with van der Waals surface area (Å²) < 4.78 is 13.2. The molecule has 8 rings (SSSR count). The van der Waals surface area contributed by atoms with Gasteiger partial charge in [0.1, 0.15) is 5.75 Å². The Kier molecular flexibility index (Phi) is 12.0. The van der Waals surface area contributed by atoms with Crippen LogP contribution in [-0.4, -0.2) is 76.6 Å². The van der Waals surface area contributed by atoms with Gasteiger partial charge in [0.05, 0.1) is 36.6 Å². The highest BCUT2D eigenvalue weighted by atomic mass is 16.5. The third kappa shape index (κ3) is 8.26. The van der Waals surface area contributed by atoms with Crippen LogP contribution in [0.2, 0.25) is 0 Å². The number of terminal acetylenes is 1. The summed E-state index contributed by atoms with van der Waals surface area (Å²) in [7, 11) is 1.65. The summed E-state index contributed by atoms with van der Waals surface area (Å²) in [5.74, 6) is 0.187. The van der Waals surface area contributed by atoms with E-state index in [1.54, 1.807) is 31.4 Å². The Labute approximate surface area is 328 Å². The van der Waals surface area contributed by atoms with Gasteiger partial charge < -0.3 is 25.4 Å². The van der Waals surface area contributed by atoms with Crippen molar-refractivity contribution in [2.75, 3.05) is 32.2 Å². The molecule has 12 nitrogen and oxygen atoms in total. The minimum absolute atomic E-state index is 0.252. The van der Waals surface area contributed by atoms with Gasteiger partial charge in [0.25, 0.3) is 11.8 Å². The van der Waals surface area contributed by atoms with Crippen molar-refractivity contribution in [2.45, 2.75) is 77.5 Å². The number of hydrogen-bond acceptors (Lipinski definition) is 9. The van der Waals surface area contributed by atoms with Gasteiger partial charge in [-0.1, -0.05) is 31.2 Å². The van der Waals surface area contributed by atoms with Crippen LogP contribution in [0.3, 0.4) is 0 Å². The number of rotatable bonds is 14. The maximum absolute atomic E-state index is 13.6. The van der Waals surface area contributed by atoms with E-state index < -0.39 is 0 Å². The summed E-state index contributed by atoms with van der Waals surface area (Å²) in [6.45, 7) is 8.84. The predicted octanol–water partition coefficient (Wildman–Crippen LogP) is 5.50. The first-order valence-corrected chi connectivity index (χ1v) is 19.4. The molecular formula is C44H50N8O4. The Bertz CT molecular complexity index is 2220. The molecule has 0 aliphatic carbocycles. The van der Waals surface area contributed by atoms with Crippen LogP contribution in [0.4, 0.5) is 5.69 Å². The molecule has 3 fully saturated rings. The maximum Gasteiger partial charge on any atom is 0.251 e. The zero-order chi connectivity index (χ0) is 39.2. The van der Waals surface area contributed by atoms with E-state index in [2.05, 4.69) is 88.3 Å². The Morgan fingerprint density at radius 2 is 1.64 bits per heavy atom. The number of methoxy groups -OCH3 is 1. The number of nitrogens with one attached hydrogen (secondary N) is 4. The number of carbonyl (C=O) groups excluding carboxylic acids is 2. The lowest BCUT2D eigenvalue weighted by atomic mass is 10.00. The fraction of sp³-hybridized carbons (Fsp3) is 0.364. The Hall–Kier alpha value is -5.74. The van der Waals surface area contributed by atoms with Crippen molar-refractivity contribution in [3.8, 4) is 29.7 Å². The van der Waals surface area contributed by atoms with Gasteiger partial charge in [-0.05, 0) is 90.9 Å². The van der Waals surface area contributed by atoms with Crippen LogP contribution in [0.1, 0.15) is 69.8 Å². The molecule has 3 unspecified atom stereocenters. The van der Waals surface area contributed by atoms with E-state index in [4.69, 9.17) is 14.5 Å². The highest BCUT2D eigenvalue weighted by Gasteiger charge is 2.54. The highest BCUT2D eigenvalue weighted by Crippen LogP contribution is 2.36. The summed E-state index contributed by atoms with van der Waals surface area (Å²) in [5, 5.41) is 18.9. The largest absolute Gasteiger partial charge is 0.497 e. The zero-order valence-electron chi connectivity index (χ0n) is 32.3. The van der Waals surface area contributed by atoms with Gasteiger partial charge in [0, 0.05) is 74.4 Å². The fourth-order valence-corrected chi connectivity index (χ4v) is 7.67. The molecule has 290 valence electrons. The molecule has 0 radical (unpaired) electrons. The SMILES string of the molecule is C#C.CCc1nc2c(cnn2CC)c(NC2CCOCC2)c1CNC(=O)c1cccc(C(=O)NCc2cc(OC)cc(-c3cccc(CN4C5CNC54)c3)c2)c1. The summed E-state index contributed by atoms with van der Waals surface area (Å²) >= 11 is 0. The number of nitrogens with zero attached hydrogens (tertiary/aromatic N) is 4. The number of fused-ring (bicyclic) bond motifs is 2. The molecule has 12 heteroatoms. The summed E-state index contributed by atoms with van der Waals surface area (Å²) in [4.78, 5) is 34.5. The molecule has 2 aromatic heterocycles. The van der Waals surface area contributed by atoms with E-state index in [1.165, 1.54) is 5.56 Å². The van der Waals surface area contributed by atoms with E-state index in [-0.39, 0.29) is 24.4 Å². The Morgan fingerprint density at radius 1 is 0.929 bits per heavy atom. The second-order valence-electron chi connectivity index (χ2n) is 14.3. The number of ether oxygens (including phenoxy) is 2. The summed E-state index contributed by atoms with van der Waals surface area (Å²) in [6.07, 6.45) is 12.9. The average Bonchev–Trinajstić information content (AvgIpc) is 3.50. The van der Waals surface area contributed by atoms with Crippen LogP contribution in [-0.2, 0) is 37.3 Å². The Balaban J connectivity index is 0.00000237. The lowest BCUT2D eigenvalue weighted by Gasteiger charge is -2.26. The van der Waals surface area contributed by atoms with E-state index in [9.17, 15) is 9.59 Å². The topological polar surface area (TPSA) is 134 Å². The van der Waals surface area contributed by atoms with Crippen LogP contribution < -0.4 is 26.0 Å². The van der Waals surface area contributed by atoms with Gasteiger partial charge in [0.15, 0.2) is 5.65 Å². The quantitative estimate of drug-likeness (QED) is 0.0857. The molecule has 0 spiro atoms. The molecule has 2 amide bonds. The van der Waals surface area contributed by atoms with Crippen LogP contribution in [0.15, 0.2) is 72.9 Å². The molecule has 5 heterocycles. The van der Waals surface area contributed by atoms with Crippen LogP contribution >= 0.6 is 0 Å². The number of anilines is 1. The van der Waals surface area contributed by atoms with E-state index in [0.717, 1.165) is 76.3 Å². The molecule has 56 heavy (non-hydrogen) atoms. The third-order valence-electron chi connectivity index (χ3n) is 10.9. The van der Waals surface area contributed by atoms with E-state index >= 15 is 0 Å². The number of aromatic nitrogens is 3. The molecule has 3 aliphatic heterocycles. The first-order valence-electron chi connectivity index (χ1n) is 19.4. The van der Waals surface area contributed by atoms with Crippen LogP contribution in [0.5, 0.6) is 5.75 Å². The van der Waals surface area contributed by atoms with Gasteiger partial charge >= 0.3 is 0 Å². The molecule has 3 atom stereocenters. The fourth-order valence-electron chi connectivity index (χ4n) is 7.67. The van der Waals surface area contributed by atoms with Crippen molar-refractivity contribution >= 4 is 28.5 Å². The van der Waals surface area contributed by atoms with Crippen molar-refractivity contribution < 1.29 is 19.1 Å². The van der Waals surface area contributed by atoms with E-state index in [1.807, 2.05) is 23.0 Å². The summed E-state index contributed by atoms with van der Waals surface area (Å²) in [6, 6.07) is 22.4. The van der Waals surface area contributed by atoms with Crippen LogP contribution in [0.25, 0.3) is 22.2 Å². The molecule has 5 aromatic rings. The number of benzene rings is 3. The minimum Gasteiger partial charge on any atom is -0.497 e. The van der Waals surface area contributed by atoms with Gasteiger partial charge in [-0.2, -0.15) is 5.10 Å². The number of pyridine rings is 1. The standard InChI is InChI=1S/C42H48N8O4.C2H2/c1-4-36-34(38(47-32-12-14-54-15-13-32)35-23-46-50(5-2)39(35)48-36)22-45-42(52)30-11-7-10-29(19-30)41(51)44-21-27-17-31(20-33(18-27)53-3)28-9-6-8-26(16-28)25-49-37-24-43-40(37)49;1-2/h6-11,16-20,23,32,37,40,43H,4-5,12-15,21-22,24-25H2,1-3H3,(H,44,51)(H,45,52)(H,47,48);1-2H. The molecule has 0 bridgehead atoms. The highest BCUT2D eigenvalue weighted by molar-refractivity contribution is 6.00. The Morgan fingerprint density at radius 3 is 2.32 bits per heavy atom. The molecule has 0 saturated carbocycles. The second-order valence-corrected chi connectivity index (χ2v) is 14.3. The monoisotopic (exact) mass is 754 g/mol. The summed E-state index contributed by atoms with van der Waals surface area (Å²) in [5.41, 5.74) is 8.78. The number of hydrogen-bond donors (Lipinski definition) is 4. The van der Waals surface area contributed by atoms with Crippen molar-refractivity contribution in [1.82, 2.24) is 35.6 Å². The third-order valence-corrected chi connectivity index (χ3v) is 10.9. The molecule has 3 saturated heterocycles. The lowest BCUT2D eigenvalue weighted by Crippen LogP contribution is -2.35. The molecule has 3 aromatic carbocycles. The second kappa shape index (κ2) is 17.4. The van der Waals surface area contributed by atoms with E-state index in [0.29, 0.717) is 56.1 Å².